The number of hydrogen-bond acceptors (Lipinski definition) is 4. The van der Waals surface area contributed by atoms with Crippen molar-refractivity contribution in [2.45, 2.75) is 25.8 Å². The maximum absolute atomic E-state index is 12.3. The van der Waals surface area contributed by atoms with Crippen LogP contribution in [-0.2, 0) is 6.42 Å². The number of nitrogens with zero attached hydrogens (tertiary/aromatic N) is 3. The number of carbonyl (C=O) groups excluding carboxylic acids is 1. The first-order valence-electron chi connectivity index (χ1n) is 7.52. The summed E-state index contributed by atoms with van der Waals surface area (Å²) in [7, 11) is 0. The minimum atomic E-state index is -0.282. The molecule has 1 fully saturated rings. The zero-order valence-corrected chi connectivity index (χ0v) is 15.4. The van der Waals surface area contributed by atoms with Gasteiger partial charge in [0, 0.05) is 19.0 Å². The van der Waals surface area contributed by atoms with Crippen LogP contribution in [0, 0.1) is 0 Å². The van der Waals surface area contributed by atoms with Gasteiger partial charge in [0.1, 0.15) is 11.5 Å². The maximum atomic E-state index is 12.3. The van der Waals surface area contributed by atoms with Crippen molar-refractivity contribution in [3.63, 3.8) is 0 Å². The lowest BCUT2D eigenvalue weighted by atomic mass is 10.2. The number of carbonyl (C=O) groups is 1. The Morgan fingerprint density at radius 3 is 2.71 bits per heavy atom. The Bertz CT molecular complexity index is 708. The largest absolute Gasteiger partial charge is 0.345 e. The molecular formula is C15H18Cl3N5O. The van der Waals surface area contributed by atoms with Crippen LogP contribution in [0.1, 0.15) is 29.8 Å². The lowest BCUT2D eigenvalue weighted by Gasteiger charge is -2.09. The Hall–Kier alpha value is -1.34. The van der Waals surface area contributed by atoms with Crippen molar-refractivity contribution in [1.29, 1.82) is 0 Å². The van der Waals surface area contributed by atoms with Crippen molar-refractivity contribution in [1.82, 2.24) is 25.4 Å². The van der Waals surface area contributed by atoms with E-state index < -0.39 is 0 Å². The fourth-order valence-corrected chi connectivity index (χ4v) is 3.13. The summed E-state index contributed by atoms with van der Waals surface area (Å²) < 4.78 is 1.55. The molecule has 1 aromatic carbocycles. The van der Waals surface area contributed by atoms with E-state index in [4.69, 9.17) is 23.2 Å². The van der Waals surface area contributed by atoms with Crippen LogP contribution in [-0.4, -0.2) is 39.8 Å². The number of halogens is 3. The molecule has 24 heavy (non-hydrogen) atoms. The zero-order chi connectivity index (χ0) is 16.4. The summed E-state index contributed by atoms with van der Waals surface area (Å²) in [6.07, 6.45) is 1.51. The Kier molecular flexibility index (Phi) is 6.46. The van der Waals surface area contributed by atoms with Crippen LogP contribution >= 0.6 is 35.6 Å². The lowest BCUT2D eigenvalue weighted by molar-refractivity contribution is 0.0929. The first kappa shape index (κ1) is 19.0. The number of para-hydroxylation sites is 1. The lowest BCUT2D eigenvalue weighted by Crippen LogP contribution is -2.36. The smallest absolute Gasteiger partial charge is 0.291 e. The fourth-order valence-electron chi connectivity index (χ4n) is 2.57. The number of hydrogen-bond donors (Lipinski definition) is 2. The van der Waals surface area contributed by atoms with Crippen LogP contribution < -0.4 is 10.6 Å². The van der Waals surface area contributed by atoms with Crippen molar-refractivity contribution in [3.05, 3.63) is 39.9 Å². The number of amides is 1. The molecule has 3 rings (SSSR count). The molecule has 6 nitrogen and oxygen atoms in total. The molecule has 9 heteroatoms. The molecule has 1 unspecified atom stereocenters. The van der Waals surface area contributed by atoms with Crippen LogP contribution in [0.5, 0.6) is 0 Å². The van der Waals surface area contributed by atoms with Gasteiger partial charge in [-0.3, -0.25) is 4.79 Å². The van der Waals surface area contributed by atoms with Crippen molar-refractivity contribution < 1.29 is 4.79 Å². The van der Waals surface area contributed by atoms with Gasteiger partial charge in [0.25, 0.3) is 5.91 Å². The van der Waals surface area contributed by atoms with E-state index in [0.29, 0.717) is 28.0 Å². The van der Waals surface area contributed by atoms with E-state index in [1.165, 1.54) is 0 Å². The minimum absolute atomic E-state index is 0. The van der Waals surface area contributed by atoms with Crippen LogP contribution in [0.3, 0.4) is 0 Å². The fraction of sp³-hybridized carbons (Fsp3) is 0.400. The molecule has 130 valence electrons. The molecule has 2 N–H and O–H groups in total. The number of rotatable bonds is 4. The monoisotopic (exact) mass is 389 g/mol. The summed E-state index contributed by atoms with van der Waals surface area (Å²) in [6.45, 7) is 3.61. The standard InChI is InChI=1S/C15H17Cl2N5O.ClH/c1-2-12-20-14(15(23)19-9-6-7-18-8-9)21-22(12)13-10(16)4-3-5-11(13)17;/h3-5,9,18H,2,6-8H2,1H3,(H,19,23);1H. The molecule has 0 spiro atoms. The number of aryl methyl sites for hydroxylation is 1. The molecule has 0 saturated carbocycles. The summed E-state index contributed by atoms with van der Waals surface area (Å²) in [5.41, 5.74) is 0.543. The molecular weight excluding hydrogens is 373 g/mol. The number of aromatic nitrogens is 3. The van der Waals surface area contributed by atoms with Gasteiger partial charge in [-0.15, -0.1) is 17.5 Å². The quantitative estimate of drug-likeness (QED) is 0.842. The highest BCUT2D eigenvalue weighted by molar-refractivity contribution is 6.37. The van der Waals surface area contributed by atoms with E-state index in [1.807, 2.05) is 6.92 Å². The van der Waals surface area contributed by atoms with Crippen molar-refractivity contribution in [3.8, 4) is 5.69 Å². The average Bonchev–Trinajstić information content (AvgIpc) is 3.16. The van der Waals surface area contributed by atoms with Gasteiger partial charge in [0.15, 0.2) is 0 Å². The summed E-state index contributed by atoms with van der Waals surface area (Å²) in [5, 5.41) is 11.4. The van der Waals surface area contributed by atoms with Gasteiger partial charge >= 0.3 is 0 Å². The first-order valence-corrected chi connectivity index (χ1v) is 8.27. The third kappa shape index (κ3) is 3.83. The Morgan fingerprint density at radius 1 is 1.42 bits per heavy atom. The average molecular weight is 391 g/mol. The molecule has 1 atom stereocenters. The van der Waals surface area contributed by atoms with Crippen molar-refractivity contribution >= 4 is 41.5 Å². The second kappa shape index (κ2) is 8.16. The summed E-state index contributed by atoms with van der Waals surface area (Å²) in [5.74, 6) is 0.481. The van der Waals surface area contributed by atoms with Crippen molar-refractivity contribution in [2.24, 2.45) is 0 Å². The highest BCUT2D eigenvalue weighted by Gasteiger charge is 2.23. The van der Waals surface area contributed by atoms with Gasteiger partial charge in [0.2, 0.25) is 5.82 Å². The second-order valence-electron chi connectivity index (χ2n) is 5.35. The maximum Gasteiger partial charge on any atom is 0.291 e. The normalized spacial score (nSPS) is 16.7. The second-order valence-corrected chi connectivity index (χ2v) is 6.16. The van der Waals surface area contributed by atoms with E-state index in [-0.39, 0.29) is 30.2 Å². The molecule has 1 amide bonds. The molecule has 2 heterocycles. The van der Waals surface area contributed by atoms with Crippen LogP contribution in [0.15, 0.2) is 18.2 Å². The highest BCUT2D eigenvalue weighted by Crippen LogP contribution is 2.28. The zero-order valence-electron chi connectivity index (χ0n) is 13.1. The highest BCUT2D eigenvalue weighted by atomic mass is 35.5. The molecule has 2 aromatic rings. The Balaban J connectivity index is 0.00000208. The van der Waals surface area contributed by atoms with Gasteiger partial charge in [0.05, 0.1) is 10.0 Å². The predicted molar refractivity (Wildman–Crippen MR) is 96.7 cm³/mol. The third-order valence-corrected chi connectivity index (χ3v) is 4.35. The summed E-state index contributed by atoms with van der Waals surface area (Å²) in [4.78, 5) is 16.7. The van der Waals surface area contributed by atoms with Gasteiger partial charge in [-0.05, 0) is 25.1 Å². The SMILES string of the molecule is CCc1nc(C(=O)NC2CCNC2)nn1-c1c(Cl)cccc1Cl.Cl. The van der Waals surface area contributed by atoms with Crippen LogP contribution in [0.2, 0.25) is 10.0 Å². The first-order chi connectivity index (χ1) is 11.1. The minimum Gasteiger partial charge on any atom is -0.345 e. The molecule has 0 radical (unpaired) electrons. The van der Waals surface area contributed by atoms with Gasteiger partial charge in [-0.2, -0.15) is 0 Å². The summed E-state index contributed by atoms with van der Waals surface area (Å²) in [6, 6.07) is 5.34. The predicted octanol–water partition coefficient (Wildman–Crippen LogP) is 2.65. The van der Waals surface area contributed by atoms with Gasteiger partial charge in [-0.1, -0.05) is 36.2 Å². The molecule has 1 aromatic heterocycles. The van der Waals surface area contributed by atoms with Gasteiger partial charge in [-0.25, -0.2) is 9.67 Å². The third-order valence-electron chi connectivity index (χ3n) is 3.74. The van der Waals surface area contributed by atoms with E-state index in [0.717, 1.165) is 19.5 Å². The van der Waals surface area contributed by atoms with Crippen LogP contribution in [0.4, 0.5) is 0 Å². The topological polar surface area (TPSA) is 71.8 Å². The molecule has 1 saturated heterocycles. The van der Waals surface area contributed by atoms with Gasteiger partial charge < -0.3 is 10.6 Å². The molecule has 0 aliphatic carbocycles. The van der Waals surface area contributed by atoms with Crippen molar-refractivity contribution in [2.75, 3.05) is 13.1 Å². The number of benzene rings is 1. The van der Waals surface area contributed by atoms with E-state index in [1.54, 1.807) is 22.9 Å². The van der Waals surface area contributed by atoms with E-state index in [9.17, 15) is 4.79 Å². The Morgan fingerprint density at radius 2 is 2.12 bits per heavy atom. The Labute approximate surface area is 156 Å². The molecule has 1 aliphatic heterocycles. The number of nitrogens with one attached hydrogen (secondary N) is 2. The van der Waals surface area contributed by atoms with E-state index in [2.05, 4.69) is 20.7 Å². The molecule has 0 bridgehead atoms. The van der Waals surface area contributed by atoms with E-state index >= 15 is 0 Å². The summed E-state index contributed by atoms with van der Waals surface area (Å²) >= 11 is 12.5. The molecule has 1 aliphatic rings. The van der Waals surface area contributed by atoms with Crippen LogP contribution in [0.25, 0.3) is 5.69 Å².